The van der Waals surface area contributed by atoms with Crippen molar-refractivity contribution in [2.24, 2.45) is 5.84 Å². The van der Waals surface area contributed by atoms with Gasteiger partial charge in [0.2, 0.25) is 5.88 Å². The maximum Gasteiger partial charge on any atom is 0.227 e. The lowest BCUT2D eigenvalue weighted by Crippen LogP contribution is -2.13. The summed E-state index contributed by atoms with van der Waals surface area (Å²) in [4.78, 5) is 8.56. The summed E-state index contributed by atoms with van der Waals surface area (Å²) in [5.41, 5.74) is 3.20. The Labute approximate surface area is 124 Å². The lowest BCUT2D eigenvalue weighted by Gasteiger charge is -2.12. The van der Waals surface area contributed by atoms with E-state index in [1.807, 2.05) is 6.92 Å². The van der Waals surface area contributed by atoms with Gasteiger partial charge in [0.1, 0.15) is 23.2 Å². The van der Waals surface area contributed by atoms with Crippen molar-refractivity contribution >= 4 is 21.7 Å². The van der Waals surface area contributed by atoms with Crippen LogP contribution >= 0.6 is 15.9 Å². The number of halogens is 2. The van der Waals surface area contributed by atoms with Crippen molar-refractivity contribution < 1.29 is 9.13 Å². The van der Waals surface area contributed by atoms with Crippen LogP contribution in [0.2, 0.25) is 0 Å². The number of nitrogens with zero attached hydrogens (tertiary/aromatic N) is 2. The van der Waals surface area contributed by atoms with Gasteiger partial charge in [0, 0.05) is 6.42 Å². The average Bonchev–Trinajstić information content (AvgIpc) is 2.45. The van der Waals surface area contributed by atoms with Crippen LogP contribution in [0.3, 0.4) is 0 Å². The van der Waals surface area contributed by atoms with Gasteiger partial charge < -0.3 is 10.2 Å². The van der Waals surface area contributed by atoms with Crippen LogP contribution in [0.15, 0.2) is 22.7 Å². The number of aryl methyl sites for hydroxylation is 1. The predicted molar refractivity (Wildman–Crippen MR) is 78.1 cm³/mol. The first kappa shape index (κ1) is 14.7. The highest BCUT2D eigenvalue weighted by atomic mass is 79.9. The largest absolute Gasteiger partial charge is 0.439 e. The van der Waals surface area contributed by atoms with Crippen molar-refractivity contribution in [1.29, 1.82) is 0 Å². The molecule has 3 N–H and O–H groups in total. The molecule has 106 valence electrons. The van der Waals surface area contributed by atoms with Crippen molar-refractivity contribution in [3.05, 3.63) is 39.9 Å². The molecule has 0 radical (unpaired) electrons. The fourth-order valence-electron chi connectivity index (χ4n) is 1.59. The predicted octanol–water partition coefficient (Wildman–Crippen LogP) is 3.33. The molecule has 0 aliphatic carbocycles. The summed E-state index contributed by atoms with van der Waals surface area (Å²) in [6.07, 6.45) is 0.651. The van der Waals surface area contributed by atoms with E-state index in [2.05, 4.69) is 31.3 Å². The highest BCUT2D eigenvalue weighted by molar-refractivity contribution is 9.10. The van der Waals surface area contributed by atoms with Crippen molar-refractivity contribution in [1.82, 2.24) is 9.97 Å². The molecule has 0 saturated carbocycles. The minimum atomic E-state index is -0.352. The first-order valence-corrected chi connectivity index (χ1v) is 6.81. The fraction of sp³-hybridized carbons (Fsp3) is 0.231. The van der Waals surface area contributed by atoms with Gasteiger partial charge in [0.05, 0.1) is 10.0 Å². The van der Waals surface area contributed by atoms with E-state index in [1.54, 1.807) is 6.92 Å². The highest BCUT2D eigenvalue weighted by Crippen LogP contribution is 2.29. The SMILES string of the molecule is CCc1nc(NN)c(C)c(Oc2ccc(F)c(Br)c2)n1. The zero-order chi connectivity index (χ0) is 14.7. The molecule has 5 nitrogen and oxygen atoms in total. The number of hydrogen-bond acceptors (Lipinski definition) is 5. The second kappa shape index (κ2) is 6.15. The Morgan fingerprint density at radius 3 is 2.75 bits per heavy atom. The van der Waals surface area contributed by atoms with Gasteiger partial charge in [-0.1, -0.05) is 6.92 Å². The van der Waals surface area contributed by atoms with E-state index < -0.39 is 0 Å². The number of hydrogen-bond donors (Lipinski definition) is 2. The zero-order valence-electron chi connectivity index (χ0n) is 11.1. The molecule has 0 bridgehead atoms. The van der Waals surface area contributed by atoms with Gasteiger partial charge in [0.15, 0.2) is 0 Å². The first-order chi connectivity index (χ1) is 9.55. The molecule has 0 unspecified atom stereocenters. The summed E-state index contributed by atoms with van der Waals surface area (Å²) < 4.78 is 19.2. The molecule has 1 heterocycles. The van der Waals surface area contributed by atoms with E-state index in [-0.39, 0.29) is 5.82 Å². The molecular weight excluding hydrogens is 327 g/mol. The van der Waals surface area contributed by atoms with E-state index >= 15 is 0 Å². The second-order valence-electron chi connectivity index (χ2n) is 4.09. The minimum Gasteiger partial charge on any atom is -0.439 e. The molecule has 7 heteroatoms. The van der Waals surface area contributed by atoms with Crippen LogP contribution in [0.1, 0.15) is 18.3 Å². The standard InChI is InChI=1S/C13H14BrFN4O/c1-3-11-17-12(19-16)7(2)13(18-11)20-8-4-5-10(15)9(14)6-8/h4-6H,3,16H2,1-2H3,(H,17,18,19). The Balaban J connectivity index is 2.39. The normalized spacial score (nSPS) is 10.4. The molecule has 0 atom stereocenters. The number of rotatable bonds is 4. The van der Waals surface area contributed by atoms with Gasteiger partial charge in [-0.15, -0.1) is 0 Å². The Hall–Kier alpha value is -1.73. The van der Waals surface area contributed by atoms with Crippen molar-refractivity contribution in [3.8, 4) is 11.6 Å². The molecule has 2 rings (SSSR count). The summed E-state index contributed by atoms with van der Waals surface area (Å²) in [6.45, 7) is 3.73. The minimum absolute atomic E-state index is 0.328. The smallest absolute Gasteiger partial charge is 0.227 e. The number of aromatic nitrogens is 2. The van der Waals surface area contributed by atoms with Crippen LogP contribution < -0.4 is 16.0 Å². The molecule has 2 aromatic rings. The third-order valence-corrected chi connectivity index (χ3v) is 3.31. The lowest BCUT2D eigenvalue weighted by atomic mass is 10.3. The third kappa shape index (κ3) is 3.05. The Morgan fingerprint density at radius 1 is 1.40 bits per heavy atom. The number of anilines is 1. The van der Waals surface area contributed by atoms with Gasteiger partial charge in [-0.05, 0) is 41.1 Å². The number of hydrazine groups is 1. The maximum atomic E-state index is 13.2. The number of nitrogens with one attached hydrogen (secondary N) is 1. The monoisotopic (exact) mass is 340 g/mol. The Bertz CT molecular complexity index is 636. The van der Waals surface area contributed by atoms with Gasteiger partial charge in [-0.25, -0.2) is 15.2 Å². The van der Waals surface area contributed by atoms with E-state index in [4.69, 9.17) is 10.6 Å². The topological polar surface area (TPSA) is 73.1 Å². The summed E-state index contributed by atoms with van der Waals surface area (Å²) in [7, 11) is 0. The van der Waals surface area contributed by atoms with Crippen molar-refractivity contribution in [2.75, 3.05) is 5.43 Å². The summed E-state index contributed by atoms with van der Waals surface area (Å²) in [5, 5.41) is 0. The average molecular weight is 341 g/mol. The number of benzene rings is 1. The molecule has 0 spiro atoms. The number of ether oxygens (including phenoxy) is 1. The van der Waals surface area contributed by atoms with Crippen LogP contribution in [0.5, 0.6) is 11.6 Å². The molecule has 0 fully saturated rings. The van der Waals surface area contributed by atoms with Crippen molar-refractivity contribution in [2.45, 2.75) is 20.3 Å². The lowest BCUT2D eigenvalue weighted by molar-refractivity contribution is 0.453. The third-order valence-electron chi connectivity index (χ3n) is 2.71. The van der Waals surface area contributed by atoms with Gasteiger partial charge in [-0.2, -0.15) is 4.98 Å². The second-order valence-corrected chi connectivity index (χ2v) is 4.95. The van der Waals surface area contributed by atoms with E-state index in [1.165, 1.54) is 18.2 Å². The molecular formula is C13H14BrFN4O. The quantitative estimate of drug-likeness (QED) is 0.659. The number of nitrogen functional groups attached to an aromatic ring is 1. The van der Waals surface area contributed by atoms with E-state index in [0.29, 0.717) is 39.7 Å². The molecule has 0 saturated heterocycles. The first-order valence-electron chi connectivity index (χ1n) is 6.02. The molecule has 0 aliphatic heterocycles. The van der Waals surface area contributed by atoms with Gasteiger partial charge in [0.25, 0.3) is 0 Å². The molecule has 1 aromatic heterocycles. The highest BCUT2D eigenvalue weighted by Gasteiger charge is 2.12. The molecule has 20 heavy (non-hydrogen) atoms. The Kier molecular flexibility index (Phi) is 4.51. The van der Waals surface area contributed by atoms with Crippen LogP contribution in [0.4, 0.5) is 10.2 Å². The van der Waals surface area contributed by atoms with Crippen LogP contribution in [0.25, 0.3) is 0 Å². The van der Waals surface area contributed by atoms with Crippen LogP contribution in [-0.4, -0.2) is 9.97 Å². The van der Waals surface area contributed by atoms with Gasteiger partial charge >= 0.3 is 0 Å². The van der Waals surface area contributed by atoms with Crippen LogP contribution in [-0.2, 0) is 6.42 Å². The molecule has 0 aliphatic rings. The number of nitrogens with two attached hydrogens (primary N) is 1. The molecule has 1 aromatic carbocycles. The van der Waals surface area contributed by atoms with Gasteiger partial charge in [-0.3, -0.25) is 0 Å². The zero-order valence-corrected chi connectivity index (χ0v) is 12.7. The summed E-state index contributed by atoms with van der Waals surface area (Å²) in [6, 6.07) is 4.39. The fourth-order valence-corrected chi connectivity index (χ4v) is 1.95. The summed E-state index contributed by atoms with van der Waals surface area (Å²) >= 11 is 3.11. The summed E-state index contributed by atoms with van der Waals surface area (Å²) in [5.74, 6) is 7.06. The molecule has 0 amide bonds. The van der Waals surface area contributed by atoms with E-state index in [9.17, 15) is 4.39 Å². The van der Waals surface area contributed by atoms with E-state index in [0.717, 1.165) is 0 Å². The maximum absolute atomic E-state index is 13.2. The van der Waals surface area contributed by atoms with Crippen LogP contribution in [0, 0.1) is 12.7 Å². The Morgan fingerprint density at radius 2 is 2.15 bits per heavy atom. The van der Waals surface area contributed by atoms with Crippen molar-refractivity contribution in [3.63, 3.8) is 0 Å².